The van der Waals surface area contributed by atoms with Crippen molar-refractivity contribution >= 4 is 26.1 Å². The average molecular weight is 296 g/mol. The fourth-order valence-corrected chi connectivity index (χ4v) is 3.22. The number of aliphatic hydroxyl groups excluding tert-OH is 1. The summed E-state index contributed by atoms with van der Waals surface area (Å²) in [7, 11) is -3.53. The van der Waals surface area contributed by atoms with Crippen molar-refractivity contribution in [2.24, 2.45) is 5.92 Å². The first-order valence-corrected chi connectivity index (χ1v) is 6.54. The van der Waals surface area contributed by atoms with Crippen LogP contribution in [0.1, 0.15) is 0 Å². The number of aliphatic hydroxyl groups is 1. The van der Waals surface area contributed by atoms with Crippen LogP contribution in [0, 0.1) is 5.92 Å². The van der Waals surface area contributed by atoms with Crippen molar-refractivity contribution in [3.05, 3.63) is 16.9 Å². The highest BCUT2D eigenvalue weighted by Crippen LogP contribution is 2.20. The second-order valence-corrected chi connectivity index (χ2v) is 6.11. The van der Waals surface area contributed by atoms with Crippen LogP contribution in [0.2, 0.25) is 0 Å². The van der Waals surface area contributed by atoms with Crippen LogP contribution in [0.25, 0.3) is 0 Å². The van der Waals surface area contributed by atoms with Gasteiger partial charge < -0.3 is 5.11 Å². The SMILES string of the molecule is O=S(=O)(N1CC(CO)C1)n1cc(Br)cn1. The molecule has 1 N–H and O–H groups in total. The number of halogens is 1. The van der Waals surface area contributed by atoms with Crippen LogP contribution in [0.15, 0.2) is 16.9 Å². The number of hydrogen-bond donors (Lipinski definition) is 1. The minimum Gasteiger partial charge on any atom is -0.396 e. The summed E-state index contributed by atoms with van der Waals surface area (Å²) >= 11 is 3.13. The standard InChI is InChI=1S/C7H10BrN3O3S/c8-7-1-9-11(4-7)15(13,14)10-2-6(3-10)5-12/h1,4,6,12H,2-3,5H2. The van der Waals surface area contributed by atoms with E-state index in [-0.39, 0.29) is 12.5 Å². The number of rotatable bonds is 3. The Kier molecular flexibility index (Phi) is 2.84. The maximum Gasteiger partial charge on any atom is 0.322 e. The molecule has 0 saturated carbocycles. The first-order chi connectivity index (χ1) is 7.04. The van der Waals surface area contributed by atoms with Gasteiger partial charge in [0.1, 0.15) is 0 Å². The Morgan fingerprint density at radius 1 is 1.60 bits per heavy atom. The quantitative estimate of drug-likeness (QED) is 0.828. The topological polar surface area (TPSA) is 75.4 Å². The van der Waals surface area contributed by atoms with Gasteiger partial charge in [0.2, 0.25) is 0 Å². The van der Waals surface area contributed by atoms with Crippen LogP contribution >= 0.6 is 15.9 Å². The van der Waals surface area contributed by atoms with Crippen LogP contribution in [-0.4, -0.2) is 46.7 Å². The van der Waals surface area contributed by atoms with Gasteiger partial charge in [-0.3, -0.25) is 0 Å². The van der Waals surface area contributed by atoms with E-state index in [1.165, 1.54) is 16.7 Å². The molecule has 8 heteroatoms. The van der Waals surface area contributed by atoms with E-state index in [4.69, 9.17) is 5.11 Å². The third kappa shape index (κ3) is 1.94. The van der Waals surface area contributed by atoms with Crippen LogP contribution in [0.3, 0.4) is 0 Å². The maximum absolute atomic E-state index is 11.8. The Morgan fingerprint density at radius 2 is 2.27 bits per heavy atom. The zero-order valence-electron chi connectivity index (χ0n) is 7.74. The second kappa shape index (κ2) is 3.85. The molecule has 6 nitrogen and oxygen atoms in total. The molecule has 84 valence electrons. The van der Waals surface area contributed by atoms with Crippen molar-refractivity contribution in [1.82, 2.24) is 13.5 Å². The molecule has 1 aliphatic rings. The Balaban J connectivity index is 2.15. The van der Waals surface area contributed by atoms with Gasteiger partial charge >= 0.3 is 10.2 Å². The summed E-state index contributed by atoms with van der Waals surface area (Å²) in [6, 6.07) is 0. The van der Waals surface area contributed by atoms with Gasteiger partial charge in [0.25, 0.3) is 0 Å². The Labute approximate surface area is 95.8 Å². The first kappa shape index (κ1) is 11.1. The van der Waals surface area contributed by atoms with Crippen molar-refractivity contribution in [1.29, 1.82) is 0 Å². The predicted octanol–water partition coefficient (Wildman–Crippen LogP) is -0.337. The van der Waals surface area contributed by atoms with Crippen molar-refractivity contribution < 1.29 is 13.5 Å². The summed E-state index contributed by atoms with van der Waals surface area (Å²) in [5, 5.41) is 12.5. The van der Waals surface area contributed by atoms with Crippen LogP contribution < -0.4 is 0 Å². The highest BCUT2D eigenvalue weighted by molar-refractivity contribution is 9.10. The number of aromatic nitrogens is 2. The van der Waals surface area contributed by atoms with Gasteiger partial charge in [-0.15, -0.1) is 0 Å². The third-order valence-corrected chi connectivity index (χ3v) is 4.31. The molecule has 0 radical (unpaired) electrons. The molecule has 1 aliphatic heterocycles. The molecule has 0 amide bonds. The van der Waals surface area contributed by atoms with Gasteiger partial charge in [-0.1, -0.05) is 0 Å². The van der Waals surface area contributed by atoms with Gasteiger partial charge in [0, 0.05) is 25.6 Å². The number of nitrogens with zero attached hydrogens (tertiary/aromatic N) is 3. The Hall–Kier alpha value is -0.440. The van der Waals surface area contributed by atoms with Gasteiger partial charge in [-0.2, -0.15) is 21.9 Å². The van der Waals surface area contributed by atoms with Gasteiger partial charge in [-0.25, -0.2) is 0 Å². The minimum atomic E-state index is -3.53. The van der Waals surface area contributed by atoms with Crippen LogP contribution in [-0.2, 0) is 10.2 Å². The van der Waals surface area contributed by atoms with Crippen molar-refractivity contribution in [3.8, 4) is 0 Å². The summed E-state index contributed by atoms with van der Waals surface area (Å²) in [4.78, 5) is 0. The largest absolute Gasteiger partial charge is 0.396 e. The average Bonchev–Trinajstić information content (AvgIpc) is 2.50. The lowest BCUT2D eigenvalue weighted by atomic mass is 10.1. The normalized spacial score (nSPS) is 19.1. The molecule has 0 bridgehead atoms. The smallest absolute Gasteiger partial charge is 0.322 e. The maximum atomic E-state index is 11.8. The van der Waals surface area contributed by atoms with Crippen molar-refractivity contribution in [3.63, 3.8) is 0 Å². The predicted molar refractivity (Wildman–Crippen MR) is 56.4 cm³/mol. The van der Waals surface area contributed by atoms with E-state index in [1.54, 1.807) is 0 Å². The molecule has 1 saturated heterocycles. The third-order valence-electron chi connectivity index (χ3n) is 2.27. The van der Waals surface area contributed by atoms with E-state index in [2.05, 4.69) is 21.0 Å². The van der Waals surface area contributed by atoms with Crippen LogP contribution in [0.4, 0.5) is 0 Å². The summed E-state index contributed by atoms with van der Waals surface area (Å²) in [6.45, 7) is 0.738. The molecule has 1 aromatic rings. The molecule has 0 unspecified atom stereocenters. The highest BCUT2D eigenvalue weighted by atomic mass is 79.9. The molecule has 0 aromatic carbocycles. The molecule has 15 heavy (non-hydrogen) atoms. The van der Waals surface area contributed by atoms with Gasteiger partial charge in [0.05, 0.1) is 16.9 Å². The lowest BCUT2D eigenvalue weighted by molar-refractivity contribution is 0.116. The van der Waals surface area contributed by atoms with Crippen molar-refractivity contribution in [2.45, 2.75) is 0 Å². The number of hydrogen-bond acceptors (Lipinski definition) is 4. The Bertz CT molecular complexity index is 452. The molecule has 0 spiro atoms. The van der Waals surface area contributed by atoms with E-state index in [0.29, 0.717) is 17.6 Å². The fraction of sp³-hybridized carbons (Fsp3) is 0.571. The van der Waals surface area contributed by atoms with Gasteiger partial charge in [0.15, 0.2) is 0 Å². The van der Waals surface area contributed by atoms with Gasteiger partial charge in [-0.05, 0) is 15.9 Å². The van der Waals surface area contributed by atoms with Crippen LogP contribution in [0.5, 0.6) is 0 Å². The zero-order chi connectivity index (χ0) is 11.1. The fourth-order valence-electron chi connectivity index (χ4n) is 1.36. The first-order valence-electron chi connectivity index (χ1n) is 4.35. The summed E-state index contributed by atoms with van der Waals surface area (Å²) in [6.07, 6.45) is 2.81. The summed E-state index contributed by atoms with van der Waals surface area (Å²) in [5.74, 6) is 0.0544. The molecule has 0 atom stereocenters. The minimum absolute atomic E-state index is 0.0226. The Morgan fingerprint density at radius 3 is 2.73 bits per heavy atom. The molecular formula is C7H10BrN3O3S. The van der Waals surface area contributed by atoms with E-state index in [0.717, 1.165) is 4.09 Å². The molecule has 0 aliphatic carbocycles. The summed E-state index contributed by atoms with van der Waals surface area (Å²) < 4.78 is 26.4. The second-order valence-electron chi connectivity index (χ2n) is 3.40. The molecular weight excluding hydrogens is 286 g/mol. The monoisotopic (exact) mass is 295 g/mol. The van der Waals surface area contributed by atoms with E-state index < -0.39 is 10.2 Å². The molecule has 2 rings (SSSR count). The summed E-state index contributed by atoms with van der Waals surface area (Å²) in [5.41, 5.74) is 0. The zero-order valence-corrected chi connectivity index (χ0v) is 10.1. The van der Waals surface area contributed by atoms with E-state index in [1.807, 2.05) is 0 Å². The van der Waals surface area contributed by atoms with E-state index in [9.17, 15) is 8.42 Å². The molecule has 1 aromatic heterocycles. The lowest BCUT2D eigenvalue weighted by Gasteiger charge is -2.36. The van der Waals surface area contributed by atoms with E-state index >= 15 is 0 Å². The molecule has 1 fully saturated rings. The highest BCUT2D eigenvalue weighted by Gasteiger charge is 2.36. The van der Waals surface area contributed by atoms with Crippen molar-refractivity contribution in [2.75, 3.05) is 19.7 Å². The lowest BCUT2D eigenvalue weighted by Crippen LogP contribution is -2.53. The molecule has 2 heterocycles.